The molecule has 0 saturated heterocycles. The van der Waals surface area contributed by atoms with Crippen molar-refractivity contribution in [3.63, 3.8) is 0 Å². The fourth-order valence-electron chi connectivity index (χ4n) is 1.99. The van der Waals surface area contributed by atoms with Gasteiger partial charge in [-0.1, -0.05) is 65.8 Å². The third-order valence-corrected chi connectivity index (χ3v) is 6.22. The number of aromatic nitrogens is 1. The largest absolute Gasteiger partial charge is 0.307 e. The predicted octanol–water partition coefficient (Wildman–Crippen LogP) is 5.18. The SMILES string of the molecule is [N-]=[N+]=NCc1nccs1.[N-]=[N+]=NP(=O)(c1ccccc1)c1ccccc1. The van der Waals surface area contributed by atoms with E-state index >= 15 is 0 Å². The van der Waals surface area contributed by atoms with Crippen LogP contribution in [-0.2, 0) is 11.1 Å². The second-order valence-corrected chi connectivity index (χ2v) is 8.08. The quantitative estimate of drug-likeness (QED) is 0.260. The third kappa shape index (κ3) is 5.21. The number of hydrogen-bond donors (Lipinski definition) is 0. The Morgan fingerprint density at radius 3 is 1.96 bits per heavy atom. The van der Waals surface area contributed by atoms with Crippen molar-refractivity contribution in [1.82, 2.24) is 4.98 Å². The van der Waals surface area contributed by atoms with E-state index in [1.165, 1.54) is 11.3 Å². The van der Waals surface area contributed by atoms with Gasteiger partial charge in [-0.15, -0.1) is 11.3 Å². The monoisotopic (exact) mass is 383 g/mol. The van der Waals surface area contributed by atoms with E-state index in [1.807, 2.05) is 17.5 Å². The zero-order chi connectivity index (χ0) is 18.7. The molecule has 0 saturated carbocycles. The maximum atomic E-state index is 12.8. The van der Waals surface area contributed by atoms with Gasteiger partial charge < -0.3 is 4.57 Å². The first kappa shape index (κ1) is 19.2. The van der Waals surface area contributed by atoms with E-state index in [1.54, 1.807) is 54.7 Å². The molecule has 0 aliphatic rings. The van der Waals surface area contributed by atoms with Crippen molar-refractivity contribution in [3.05, 3.63) is 98.1 Å². The molecular weight excluding hydrogens is 369 g/mol. The van der Waals surface area contributed by atoms with Gasteiger partial charge in [0.25, 0.3) is 0 Å². The van der Waals surface area contributed by atoms with Crippen molar-refractivity contribution >= 4 is 29.2 Å². The predicted molar refractivity (Wildman–Crippen MR) is 104 cm³/mol. The van der Waals surface area contributed by atoms with Gasteiger partial charge in [-0.3, -0.25) is 0 Å². The van der Waals surface area contributed by atoms with E-state index < -0.39 is 7.29 Å². The highest BCUT2D eigenvalue weighted by atomic mass is 32.1. The van der Waals surface area contributed by atoms with Gasteiger partial charge in [-0.25, -0.2) is 4.98 Å². The summed E-state index contributed by atoms with van der Waals surface area (Å²) in [6.45, 7) is 0.369. The summed E-state index contributed by atoms with van der Waals surface area (Å²) in [5.41, 5.74) is 16.5. The molecule has 130 valence electrons. The van der Waals surface area contributed by atoms with Crippen LogP contribution in [0.5, 0.6) is 0 Å². The van der Waals surface area contributed by atoms with Gasteiger partial charge in [0.2, 0.25) is 7.29 Å². The molecule has 2 aromatic carbocycles. The Kier molecular flexibility index (Phi) is 7.43. The van der Waals surface area contributed by atoms with E-state index in [4.69, 9.17) is 11.1 Å². The molecule has 0 unspecified atom stereocenters. The summed E-state index contributed by atoms with van der Waals surface area (Å²) in [5.74, 6) is 0. The molecule has 0 amide bonds. The first-order valence-electron chi connectivity index (χ1n) is 7.38. The van der Waals surface area contributed by atoms with Crippen molar-refractivity contribution in [3.8, 4) is 0 Å². The van der Waals surface area contributed by atoms with Crippen LogP contribution in [0.15, 0.2) is 82.2 Å². The molecule has 1 heterocycles. The first-order chi connectivity index (χ1) is 12.7. The Hall–Kier alpha value is -3.08. The van der Waals surface area contributed by atoms with Crippen LogP contribution >= 0.6 is 18.6 Å². The summed E-state index contributed by atoms with van der Waals surface area (Å²) in [5, 5.41) is 7.14. The van der Waals surface area contributed by atoms with Crippen molar-refractivity contribution in [2.75, 3.05) is 0 Å². The molecular formula is C16H14N7OPS. The smallest absolute Gasteiger partial charge is 0.228 e. The van der Waals surface area contributed by atoms with E-state index in [2.05, 4.69) is 24.8 Å². The minimum absolute atomic E-state index is 0.369. The summed E-state index contributed by atoms with van der Waals surface area (Å²) in [7, 11) is -3.22. The van der Waals surface area contributed by atoms with Crippen LogP contribution in [0.2, 0.25) is 0 Å². The van der Waals surface area contributed by atoms with Crippen LogP contribution in [0.4, 0.5) is 0 Å². The van der Waals surface area contributed by atoms with E-state index in [0.29, 0.717) is 17.2 Å². The number of rotatable bonds is 5. The Labute approximate surface area is 153 Å². The molecule has 3 rings (SSSR count). The van der Waals surface area contributed by atoms with Crippen LogP contribution in [0.3, 0.4) is 0 Å². The molecule has 0 spiro atoms. The lowest BCUT2D eigenvalue weighted by Gasteiger charge is -2.12. The highest BCUT2D eigenvalue weighted by Crippen LogP contribution is 2.44. The Morgan fingerprint density at radius 2 is 1.54 bits per heavy atom. The van der Waals surface area contributed by atoms with Gasteiger partial charge in [-0.05, 0) is 15.9 Å². The maximum Gasteiger partial charge on any atom is 0.228 e. The highest BCUT2D eigenvalue weighted by molar-refractivity contribution is 7.77. The summed E-state index contributed by atoms with van der Waals surface area (Å²) in [4.78, 5) is 12.8. The lowest BCUT2D eigenvalue weighted by Crippen LogP contribution is -2.13. The topological polar surface area (TPSA) is 127 Å². The summed E-state index contributed by atoms with van der Waals surface area (Å²) in [6, 6.07) is 17.6. The molecule has 3 aromatic rings. The van der Waals surface area contributed by atoms with Crippen LogP contribution in [0, 0.1) is 0 Å². The van der Waals surface area contributed by atoms with Crippen molar-refractivity contribution in [2.45, 2.75) is 6.54 Å². The van der Waals surface area contributed by atoms with Gasteiger partial charge in [0.15, 0.2) is 0 Å². The molecule has 0 aliphatic heterocycles. The fourth-order valence-corrected chi connectivity index (χ4v) is 4.29. The average molecular weight is 383 g/mol. The molecule has 1 aromatic heterocycles. The molecule has 0 atom stereocenters. The van der Waals surface area contributed by atoms with Gasteiger partial charge >= 0.3 is 0 Å². The fraction of sp³-hybridized carbons (Fsp3) is 0.0625. The third-order valence-electron chi connectivity index (χ3n) is 3.13. The molecule has 0 radical (unpaired) electrons. The second-order valence-electron chi connectivity index (χ2n) is 4.74. The lowest BCUT2D eigenvalue weighted by atomic mass is 10.4. The van der Waals surface area contributed by atoms with Crippen molar-refractivity contribution in [2.24, 2.45) is 10.00 Å². The number of benzene rings is 2. The van der Waals surface area contributed by atoms with Crippen LogP contribution in [-0.4, -0.2) is 4.98 Å². The lowest BCUT2D eigenvalue weighted by molar-refractivity contribution is 0.588. The molecule has 26 heavy (non-hydrogen) atoms. The first-order valence-corrected chi connectivity index (χ1v) is 9.92. The Balaban J connectivity index is 0.000000228. The summed E-state index contributed by atoms with van der Waals surface area (Å²) >= 11 is 1.49. The van der Waals surface area contributed by atoms with Crippen LogP contribution < -0.4 is 10.6 Å². The minimum atomic E-state index is -3.22. The normalized spacial score (nSPS) is 9.85. The highest BCUT2D eigenvalue weighted by Gasteiger charge is 2.25. The van der Waals surface area contributed by atoms with Crippen molar-refractivity contribution < 1.29 is 4.57 Å². The molecule has 8 nitrogen and oxygen atoms in total. The van der Waals surface area contributed by atoms with E-state index in [-0.39, 0.29) is 0 Å². The number of nitrogens with zero attached hydrogens (tertiary/aromatic N) is 7. The van der Waals surface area contributed by atoms with Gasteiger partial charge in [0.05, 0.1) is 11.6 Å². The van der Waals surface area contributed by atoms with Gasteiger partial charge in [-0.2, -0.15) is 0 Å². The molecule has 10 heteroatoms. The van der Waals surface area contributed by atoms with Crippen LogP contribution in [0.25, 0.3) is 20.9 Å². The van der Waals surface area contributed by atoms with E-state index in [9.17, 15) is 4.57 Å². The zero-order valence-corrected chi connectivity index (χ0v) is 15.2. The number of thiazole rings is 1. The maximum absolute atomic E-state index is 12.8. The summed E-state index contributed by atoms with van der Waals surface area (Å²) < 4.78 is 12.8. The number of azide groups is 2. The zero-order valence-electron chi connectivity index (χ0n) is 13.5. The van der Waals surface area contributed by atoms with E-state index in [0.717, 1.165) is 5.01 Å². The second kappa shape index (κ2) is 10.0. The van der Waals surface area contributed by atoms with Gasteiger partial charge in [0.1, 0.15) is 0 Å². The standard InChI is InChI=1S/C12H10N3OP.C4H4N4S/c13-14-15-17(16,11-7-3-1-4-8-11)12-9-5-2-6-10-12;5-8-7-3-4-6-1-2-9-4/h1-10H;1-2H,3H2. The summed E-state index contributed by atoms with van der Waals surface area (Å²) in [6.07, 6.45) is 1.69. The van der Waals surface area contributed by atoms with Crippen molar-refractivity contribution in [1.29, 1.82) is 0 Å². The molecule has 0 N–H and O–H groups in total. The van der Waals surface area contributed by atoms with Crippen LogP contribution in [0.1, 0.15) is 5.01 Å². The Morgan fingerprint density at radius 1 is 0.962 bits per heavy atom. The number of hydrogen-bond acceptors (Lipinski definition) is 4. The molecule has 0 fully saturated rings. The minimum Gasteiger partial charge on any atom is -0.307 e. The molecule has 0 bridgehead atoms. The molecule has 0 aliphatic carbocycles. The van der Waals surface area contributed by atoms with Gasteiger partial charge in [0, 0.05) is 32.0 Å². The Bertz CT molecular complexity index is 907. The average Bonchev–Trinajstić information content (AvgIpc) is 3.22.